The molecule has 29 heavy (non-hydrogen) atoms. The molecule has 0 aliphatic carbocycles. The van der Waals surface area contributed by atoms with Crippen LogP contribution in [0.25, 0.3) is 0 Å². The van der Waals surface area contributed by atoms with Crippen molar-refractivity contribution in [2.45, 2.75) is 18.6 Å². The van der Waals surface area contributed by atoms with Gasteiger partial charge >= 0.3 is 6.18 Å². The molecule has 0 saturated heterocycles. The number of alkyl halides is 3. The largest absolute Gasteiger partial charge is 0.472 e. The van der Waals surface area contributed by atoms with E-state index in [1.807, 2.05) is 12.1 Å². The molecule has 0 bridgehead atoms. The molecule has 0 N–H and O–H groups in total. The predicted molar refractivity (Wildman–Crippen MR) is 99.1 cm³/mol. The van der Waals surface area contributed by atoms with Crippen molar-refractivity contribution in [3.05, 3.63) is 77.7 Å². The summed E-state index contributed by atoms with van der Waals surface area (Å²) in [5, 5.41) is 6.27. The summed E-state index contributed by atoms with van der Waals surface area (Å²) in [5.41, 5.74) is 2.06. The molecule has 5 rings (SSSR count). The first-order valence-corrected chi connectivity index (χ1v) is 8.95. The molecule has 0 saturated carbocycles. The summed E-state index contributed by atoms with van der Waals surface area (Å²) < 4.78 is 55.6. The number of anilines is 1. The molecule has 0 spiro atoms. The fraction of sp³-hybridized carbons (Fsp3) is 0.190. The molecule has 1 unspecified atom stereocenters. The second-order valence-electron chi connectivity index (χ2n) is 6.78. The SMILES string of the molecule is FC(F)(F)c1cccc(N2N=C(c3ccc4c(c3)OCO4)CC2c2ccoc2)c1. The van der Waals surface area contributed by atoms with Gasteiger partial charge in [-0.3, -0.25) is 5.01 Å². The number of rotatable bonds is 3. The van der Waals surface area contributed by atoms with Gasteiger partial charge in [0.2, 0.25) is 6.79 Å². The van der Waals surface area contributed by atoms with E-state index in [-0.39, 0.29) is 12.8 Å². The van der Waals surface area contributed by atoms with Crippen LogP contribution in [0.5, 0.6) is 11.5 Å². The van der Waals surface area contributed by atoms with Gasteiger partial charge in [0.05, 0.1) is 35.5 Å². The Labute approximate surface area is 164 Å². The summed E-state index contributed by atoms with van der Waals surface area (Å²) in [6.07, 6.45) is -0.790. The van der Waals surface area contributed by atoms with Gasteiger partial charge in [0.1, 0.15) is 0 Å². The number of ether oxygens (including phenoxy) is 2. The number of benzene rings is 2. The van der Waals surface area contributed by atoms with Crippen LogP contribution >= 0.6 is 0 Å². The highest BCUT2D eigenvalue weighted by atomic mass is 19.4. The van der Waals surface area contributed by atoms with Crippen LogP contribution in [0.1, 0.15) is 29.2 Å². The molecular weight excluding hydrogens is 385 g/mol. The molecule has 1 aromatic heterocycles. The Kier molecular flexibility index (Phi) is 4.01. The van der Waals surface area contributed by atoms with Crippen molar-refractivity contribution in [3.8, 4) is 11.5 Å². The Morgan fingerprint density at radius 1 is 1.00 bits per heavy atom. The van der Waals surface area contributed by atoms with Crippen LogP contribution in [-0.2, 0) is 6.18 Å². The lowest BCUT2D eigenvalue weighted by molar-refractivity contribution is -0.137. The van der Waals surface area contributed by atoms with Crippen molar-refractivity contribution < 1.29 is 27.1 Å². The standard InChI is InChI=1S/C21H15F3N2O3/c22-21(23,24)15-2-1-3-16(9-15)26-18(14-6-7-27-11-14)10-17(25-26)13-4-5-19-20(8-13)29-12-28-19/h1-9,11,18H,10,12H2. The third-order valence-corrected chi connectivity index (χ3v) is 4.98. The maximum atomic E-state index is 13.2. The number of furan rings is 1. The monoisotopic (exact) mass is 400 g/mol. The highest BCUT2D eigenvalue weighted by Crippen LogP contribution is 2.40. The van der Waals surface area contributed by atoms with Crippen LogP contribution in [0.15, 0.2) is 70.6 Å². The lowest BCUT2D eigenvalue weighted by Crippen LogP contribution is -2.18. The van der Waals surface area contributed by atoms with Crippen LogP contribution < -0.4 is 14.5 Å². The number of fused-ring (bicyclic) bond motifs is 1. The van der Waals surface area contributed by atoms with Crippen LogP contribution in [0.2, 0.25) is 0 Å². The highest BCUT2D eigenvalue weighted by Gasteiger charge is 2.34. The van der Waals surface area contributed by atoms with Crippen LogP contribution in [0, 0.1) is 0 Å². The molecule has 2 aliphatic heterocycles. The Morgan fingerprint density at radius 3 is 2.66 bits per heavy atom. The Bertz CT molecular complexity index is 1080. The predicted octanol–water partition coefficient (Wildman–Crippen LogP) is 5.38. The zero-order valence-corrected chi connectivity index (χ0v) is 15.0. The minimum Gasteiger partial charge on any atom is -0.472 e. The highest BCUT2D eigenvalue weighted by molar-refractivity contribution is 6.03. The van der Waals surface area contributed by atoms with E-state index in [1.54, 1.807) is 29.5 Å². The van der Waals surface area contributed by atoms with E-state index in [9.17, 15) is 13.2 Å². The van der Waals surface area contributed by atoms with E-state index < -0.39 is 11.7 Å². The number of hydrazone groups is 1. The topological polar surface area (TPSA) is 47.2 Å². The minimum atomic E-state index is -4.43. The molecule has 2 aromatic carbocycles. The van der Waals surface area contributed by atoms with Gasteiger partial charge in [-0.2, -0.15) is 18.3 Å². The van der Waals surface area contributed by atoms with Crippen LogP contribution in [0.3, 0.4) is 0 Å². The van der Waals surface area contributed by atoms with Gasteiger partial charge in [-0.15, -0.1) is 0 Å². The molecular formula is C21H15F3N2O3. The summed E-state index contributed by atoms with van der Waals surface area (Å²) in [6.45, 7) is 0.166. The fourth-order valence-electron chi connectivity index (χ4n) is 3.55. The van der Waals surface area contributed by atoms with E-state index >= 15 is 0 Å². The van der Waals surface area contributed by atoms with Gasteiger partial charge in [-0.05, 0) is 42.5 Å². The molecule has 1 atom stereocenters. The Morgan fingerprint density at radius 2 is 1.86 bits per heavy atom. The average molecular weight is 400 g/mol. The second-order valence-corrected chi connectivity index (χ2v) is 6.78. The lowest BCUT2D eigenvalue weighted by Gasteiger charge is -2.23. The maximum absolute atomic E-state index is 13.2. The third kappa shape index (κ3) is 3.20. The van der Waals surface area contributed by atoms with Gasteiger partial charge in [0, 0.05) is 17.5 Å². The van der Waals surface area contributed by atoms with Crippen molar-refractivity contribution >= 4 is 11.4 Å². The first-order valence-electron chi connectivity index (χ1n) is 8.95. The van der Waals surface area contributed by atoms with E-state index in [0.717, 1.165) is 29.0 Å². The van der Waals surface area contributed by atoms with Crippen molar-refractivity contribution in [1.82, 2.24) is 0 Å². The zero-order valence-electron chi connectivity index (χ0n) is 15.0. The van der Waals surface area contributed by atoms with Crippen molar-refractivity contribution in [3.63, 3.8) is 0 Å². The normalized spacial score (nSPS) is 18.2. The maximum Gasteiger partial charge on any atom is 0.416 e. The smallest absolute Gasteiger partial charge is 0.416 e. The zero-order chi connectivity index (χ0) is 20.0. The first-order chi connectivity index (χ1) is 14.0. The van der Waals surface area contributed by atoms with E-state index in [2.05, 4.69) is 5.10 Å². The van der Waals surface area contributed by atoms with E-state index in [0.29, 0.717) is 23.6 Å². The van der Waals surface area contributed by atoms with Gasteiger partial charge in [-0.1, -0.05) is 6.07 Å². The van der Waals surface area contributed by atoms with E-state index in [1.165, 1.54) is 12.3 Å². The molecule has 3 heterocycles. The van der Waals surface area contributed by atoms with Gasteiger partial charge in [0.25, 0.3) is 0 Å². The number of halogens is 3. The number of nitrogens with zero attached hydrogens (tertiary/aromatic N) is 2. The quantitative estimate of drug-likeness (QED) is 0.592. The molecule has 0 fully saturated rings. The third-order valence-electron chi connectivity index (χ3n) is 4.98. The second kappa shape index (κ2) is 6.58. The van der Waals surface area contributed by atoms with Gasteiger partial charge in [-0.25, -0.2) is 0 Å². The van der Waals surface area contributed by atoms with Crippen LogP contribution in [-0.4, -0.2) is 12.5 Å². The molecule has 0 amide bonds. The van der Waals surface area contributed by atoms with E-state index in [4.69, 9.17) is 13.9 Å². The number of hydrogen-bond acceptors (Lipinski definition) is 5. The van der Waals surface area contributed by atoms with Gasteiger partial charge in [0.15, 0.2) is 11.5 Å². The fourth-order valence-corrected chi connectivity index (χ4v) is 3.55. The summed E-state index contributed by atoms with van der Waals surface area (Å²) >= 11 is 0. The van der Waals surface area contributed by atoms with Gasteiger partial charge < -0.3 is 13.9 Å². The number of hydrogen-bond donors (Lipinski definition) is 0. The lowest BCUT2D eigenvalue weighted by atomic mass is 9.99. The summed E-state index contributed by atoms with van der Waals surface area (Å²) in [6, 6.07) is 12.2. The van der Waals surface area contributed by atoms with Crippen molar-refractivity contribution in [2.24, 2.45) is 5.10 Å². The first kappa shape index (κ1) is 17.7. The molecule has 148 valence electrons. The molecule has 2 aliphatic rings. The molecule has 8 heteroatoms. The summed E-state index contributed by atoms with van der Waals surface area (Å²) in [4.78, 5) is 0. The molecule has 0 radical (unpaired) electrons. The van der Waals surface area contributed by atoms with Crippen molar-refractivity contribution in [2.75, 3.05) is 11.8 Å². The average Bonchev–Trinajstić information content (AvgIpc) is 3.46. The summed E-state index contributed by atoms with van der Waals surface area (Å²) in [7, 11) is 0. The Balaban J connectivity index is 1.55. The Hall–Kier alpha value is -3.42. The molecule has 3 aromatic rings. The minimum absolute atomic E-state index is 0.166. The summed E-state index contributed by atoms with van der Waals surface area (Å²) in [5.74, 6) is 1.29. The van der Waals surface area contributed by atoms with Crippen molar-refractivity contribution in [1.29, 1.82) is 0 Å². The molecule has 5 nitrogen and oxygen atoms in total. The van der Waals surface area contributed by atoms with Crippen LogP contribution in [0.4, 0.5) is 18.9 Å².